The Kier molecular flexibility index (Phi) is 14.9. The first-order valence-corrected chi connectivity index (χ1v) is 15.8. The SMILES string of the molecule is CCOC(C)C(=O)NC(CC(=O)NC(C)NC(=O)CCN1C(=O)CC(C)C1=O)CC(=O)NC(C)NC(=O)CCN1C(=O)CC(C)C1=O. The van der Waals surface area contributed by atoms with Crippen molar-refractivity contribution < 1.29 is 47.9 Å². The molecule has 2 rings (SSSR count). The number of carbonyl (C=O) groups excluding carboxylic acids is 9. The number of hydrogen-bond donors (Lipinski definition) is 5. The molecule has 0 bridgehead atoms. The summed E-state index contributed by atoms with van der Waals surface area (Å²) in [7, 11) is 0. The fraction of sp³-hybridized carbons (Fsp3) is 0.700. The van der Waals surface area contributed by atoms with E-state index in [9.17, 15) is 43.2 Å². The molecule has 5 atom stereocenters. The molecule has 5 unspecified atom stereocenters. The minimum Gasteiger partial charge on any atom is -0.369 e. The molecule has 0 aliphatic carbocycles. The van der Waals surface area contributed by atoms with Gasteiger partial charge in [-0.25, -0.2) is 0 Å². The first-order valence-electron chi connectivity index (χ1n) is 15.8. The van der Waals surface area contributed by atoms with E-state index in [0.717, 1.165) is 9.80 Å². The fourth-order valence-corrected chi connectivity index (χ4v) is 5.16. The van der Waals surface area contributed by atoms with Crippen molar-refractivity contribution >= 4 is 53.2 Å². The lowest BCUT2D eigenvalue weighted by molar-refractivity contribution is -0.141. The van der Waals surface area contributed by atoms with E-state index in [1.54, 1.807) is 20.8 Å². The molecule has 17 heteroatoms. The smallest absolute Gasteiger partial charge is 0.249 e. The molecule has 17 nitrogen and oxygen atoms in total. The summed E-state index contributed by atoms with van der Waals surface area (Å²) >= 11 is 0. The van der Waals surface area contributed by atoms with E-state index in [4.69, 9.17) is 4.74 Å². The molecule has 0 spiro atoms. The standard InChI is InChI=1S/C30H47N7O10/c1-7-47-18(4)28(44)35-21(14-24(40)33-19(5)31-22(38)8-10-36-26(42)12-16(2)29(36)45)15-25(41)34-20(6)32-23(39)9-11-37-27(43)13-17(3)30(37)46/h16-21H,7-15H2,1-6H3,(H,31,38)(H,32,39)(H,33,40)(H,34,41)(H,35,44). The second kappa shape index (κ2) is 18.1. The van der Waals surface area contributed by atoms with Crippen LogP contribution >= 0.6 is 0 Å². The Morgan fingerprint density at radius 1 is 0.681 bits per heavy atom. The molecule has 0 aromatic carbocycles. The van der Waals surface area contributed by atoms with E-state index in [0.29, 0.717) is 0 Å². The quantitative estimate of drug-likeness (QED) is 0.0832. The lowest BCUT2D eigenvalue weighted by atomic mass is 10.1. The first kappa shape index (κ1) is 38.8. The number of hydrogen-bond acceptors (Lipinski definition) is 10. The molecule has 2 saturated heterocycles. The highest BCUT2D eigenvalue weighted by Gasteiger charge is 2.36. The molecule has 2 fully saturated rings. The molecular formula is C30H47N7O10. The number of likely N-dealkylation sites (tertiary alicyclic amines) is 2. The van der Waals surface area contributed by atoms with Crippen LogP contribution in [0.4, 0.5) is 0 Å². The molecule has 2 aliphatic heterocycles. The molecule has 0 aromatic rings. The number of rotatable bonds is 18. The number of amides is 9. The van der Waals surface area contributed by atoms with Crippen molar-refractivity contribution in [3.05, 3.63) is 0 Å². The predicted octanol–water partition coefficient (Wildman–Crippen LogP) is -1.60. The summed E-state index contributed by atoms with van der Waals surface area (Å²) in [5.41, 5.74) is 0. The molecule has 5 N–H and O–H groups in total. The predicted molar refractivity (Wildman–Crippen MR) is 164 cm³/mol. The number of imide groups is 2. The van der Waals surface area contributed by atoms with Crippen molar-refractivity contribution in [3.8, 4) is 0 Å². The van der Waals surface area contributed by atoms with Crippen LogP contribution < -0.4 is 26.6 Å². The lowest BCUT2D eigenvalue weighted by Gasteiger charge is -2.23. The average molecular weight is 666 g/mol. The highest BCUT2D eigenvalue weighted by Crippen LogP contribution is 2.19. The van der Waals surface area contributed by atoms with Crippen molar-refractivity contribution in [3.63, 3.8) is 0 Å². The van der Waals surface area contributed by atoms with Gasteiger partial charge in [-0.1, -0.05) is 13.8 Å². The topological polar surface area (TPSA) is 229 Å². The summed E-state index contributed by atoms with van der Waals surface area (Å²) < 4.78 is 5.29. The van der Waals surface area contributed by atoms with Gasteiger partial charge in [0.2, 0.25) is 53.2 Å². The van der Waals surface area contributed by atoms with Gasteiger partial charge < -0.3 is 31.3 Å². The molecule has 262 valence electrons. The van der Waals surface area contributed by atoms with E-state index >= 15 is 0 Å². The van der Waals surface area contributed by atoms with Gasteiger partial charge in [0.15, 0.2) is 0 Å². The molecule has 0 saturated carbocycles. The normalized spacial score (nSPS) is 20.4. The summed E-state index contributed by atoms with van der Waals surface area (Å²) in [6.45, 7) is 9.60. The minimum absolute atomic E-state index is 0.0777. The van der Waals surface area contributed by atoms with E-state index in [2.05, 4.69) is 26.6 Å². The molecule has 2 aliphatic rings. The van der Waals surface area contributed by atoms with Gasteiger partial charge in [0.25, 0.3) is 0 Å². The second-order valence-corrected chi connectivity index (χ2v) is 11.9. The molecule has 2 heterocycles. The van der Waals surface area contributed by atoms with Crippen LogP contribution in [0.15, 0.2) is 0 Å². The summed E-state index contributed by atoms with van der Waals surface area (Å²) in [4.78, 5) is 113. The summed E-state index contributed by atoms with van der Waals surface area (Å²) in [6.07, 6.45) is -3.35. The number of ether oxygens (including phenoxy) is 1. The van der Waals surface area contributed by atoms with Crippen LogP contribution in [0.1, 0.15) is 80.1 Å². The Balaban J connectivity index is 1.87. The van der Waals surface area contributed by atoms with Crippen molar-refractivity contribution in [1.29, 1.82) is 0 Å². The van der Waals surface area contributed by atoms with E-state index in [1.807, 2.05) is 0 Å². The van der Waals surface area contributed by atoms with Gasteiger partial charge in [0.05, 0.1) is 12.3 Å². The van der Waals surface area contributed by atoms with Crippen molar-refractivity contribution in [2.75, 3.05) is 19.7 Å². The van der Waals surface area contributed by atoms with Crippen LogP contribution in [-0.4, -0.2) is 107 Å². The zero-order chi connectivity index (χ0) is 35.4. The molecule has 47 heavy (non-hydrogen) atoms. The van der Waals surface area contributed by atoms with Gasteiger partial charge in [-0.15, -0.1) is 0 Å². The maximum absolute atomic E-state index is 12.8. The Bertz CT molecular complexity index is 1160. The highest BCUT2D eigenvalue weighted by atomic mass is 16.5. The third-order valence-corrected chi connectivity index (χ3v) is 7.57. The van der Waals surface area contributed by atoms with E-state index < -0.39 is 65.8 Å². The van der Waals surface area contributed by atoms with Crippen LogP contribution in [-0.2, 0) is 47.9 Å². The lowest BCUT2D eigenvalue weighted by Crippen LogP contribution is -2.51. The third kappa shape index (κ3) is 12.4. The number of nitrogens with zero attached hydrogens (tertiary/aromatic N) is 2. The van der Waals surface area contributed by atoms with Crippen LogP contribution in [0.5, 0.6) is 0 Å². The largest absolute Gasteiger partial charge is 0.369 e. The highest BCUT2D eigenvalue weighted by molar-refractivity contribution is 6.04. The maximum Gasteiger partial charge on any atom is 0.249 e. The first-order chi connectivity index (χ1) is 22.0. The zero-order valence-corrected chi connectivity index (χ0v) is 27.8. The Hall–Kier alpha value is -4.41. The zero-order valence-electron chi connectivity index (χ0n) is 27.8. The van der Waals surface area contributed by atoms with Crippen LogP contribution in [0.3, 0.4) is 0 Å². The molecule has 0 aromatic heterocycles. The Labute approximate surface area is 273 Å². The molecular weight excluding hydrogens is 618 g/mol. The van der Waals surface area contributed by atoms with Crippen LogP contribution in [0.2, 0.25) is 0 Å². The van der Waals surface area contributed by atoms with Crippen molar-refractivity contribution in [1.82, 2.24) is 36.4 Å². The van der Waals surface area contributed by atoms with Gasteiger partial charge in [-0.05, 0) is 27.7 Å². The van der Waals surface area contributed by atoms with Crippen molar-refractivity contribution in [2.24, 2.45) is 11.8 Å². The number of nitrogens with one attached hydrogen (secondary N) is 5. The summed E-state index contributed by atoms with van der Waals surface area (Å²) in [5.74, 6) is -4.95. The second-order valence-electron chi connectivity index (χ2n) is 11.9. The van der Waals surface area contributed by atoms with Gasteiger partial charge in [-0.2, -0.15) is 0 Å². The van der Waals surface area contributed by atoms with Gasteiger partial charge in [0, 0.05) is 76.1 Å². The molecule has 0 radical (unpaired) electrons. The summed E-state index contributed by atoms with van der Waals surface area (Å²) in [6, 6.07) is -0.987. The molecule has 9 amide bonds. The van der Waals surface area contributed by atoms with Gasteiger partial charge in [0.1, 0.15) is 6.10 Å². The maximum atomic E-state index is 12.8. The Morgan fingerprint density at radius 3 is 1.40 bits per heavy atom. The van der Waals surface area contributed by atoms with Gasteiger partial charge in [-0.3, -0.25) is 53.0 Å². The van der Waals surface area contributed by atoms with Crippen molar-refractivity contribution in [2.45, 2.75) is 105 Å². The van der Waals surface area contributed by atoms with Crippen LogP contribution in [0.25, 0.3) is 0 Å². The average Bonchev–Trinajstić information content (AvgIpc) is 3.35. The van der Waals surface area contributed by atoms with Crippen LogP contribution in [0, 0.1) is 11.8 Å². The van der Waals surface area contributed by atoms with Gasteiger partial charge >= 0.3 is 0 Å². The third-order valence-electron chi connectivity index (χ3n) is 7.57. The fourth-order valence-electron chi connectivity index (χ4n) is 5.16. The minimum atomic E-state index is -0.987. The van der Waals surface area contributed by atoms with E-state index in [-0.39, 0.29) is 81.9 Å². The van der Waals surface area contributed by atoms with E-state index in [1.165, 1.54) is 20.8 Å². The number of carbonyl (C=O) groups is 9. The summed E-state index contributed by atoms with van der Waals surface area (Å²) in [5, 5.41) is 12.9. The Morgan fingerprint density at radius 2 is 1.06 bits per heavy atom. The monoisotopic (exact) mass is 665 g/mol.